The first kappa shape index (κ1) is 17.8. The fraction of sp³-hybridized carbons (Fsp3) is 0.316. The van der Waals surface area contributed by atoms with E-state index in [-0.39, 0.29) is 5.91 Å². The lowest BCUT2D eigenvalue weighted by Crippen LogP contribution is -2.23. The largest absolute Gasteiger partial charge is 0.491 e. The quantitative estimate of drug-likeness (QED) is 0.577. The predicted octanol–water partition coefficient (Wildman–Crippen LogP) is 2.92. The number of nitrogens with two attached hydrogens (primary N) is 1. The van der Waals surface area contributed by atoms with Crippen LogP contribution in [0.15, 0.2) is 42.5 Å². The summed E-state index contributed by atoms with van der Waals surface area (Å²) < 4.78 is 11.1. The molecule has 128 valence electrons. The Kier molecular flexibility index (Phi) is 6.63. The average Bonchev–Trinajstić information content (AvgIpc) is 2.57. The molecular formula is C19H24N2O3. The first-order chi connectivity index (χ1) is 11.6. The molecule has 5 heteroatoms. The summed E-state index contributed by atoms with van der Waals surface area (Å²) >= 11 is 0. The maximum Gasteiger partial charge on any atom is 0.251 e. The van der Waals surface area contributed by atoms with Crippen molar-refractivity contribution < 1.29 is 14.3 Å². The second-order valence-corrected chi connectivity index (χ2v) is 5.46. The maximum absolute atomic E-state index is 12.2. The Balaban J connectivity index is 1.99. The van der Waals surface area contributed by atoms with Crippen LogP contribution in [0.5, 0.6) is 5.75 Å². The highest BCUT2D eigenvalue weighted by Crippen LogP contribution is 2.20. The first-order valence-corrected chi connectivity index (χ1v) is 8.04. The highest BCUT2D eigenvalue weighted by Gasteiger charge is 2.09. The van der Waals surface area contributed by atoms with Crippen LogP contribution in [0.4, 0.5) is 5.69 Å². The molecule has 0 aliphatic rings. The first-order valence-electron chi connectivity index (χ1n) is 8.04. The van der Waals surface area contributed by atoms with Gasteiger partial charge in [0.15, 0.2) is 0 Å². The van der Waals surface area contributed by atoms with E-state index < -0.39 is 0 Å². The summed E-state index contributed by atoms with van der Waals surface area (Å²) in [4.78, 5) is 12.2. The van der Waals surface area contributed by atoms with Crippen LogP contribution in [-0.4, -0.2) is 25.7 Å². The lowest BCUT2D eigenvalue weighted by atomic mass is 10.1. The van der Waals surface area contributed by atoms with Gasteiger partial charge in [0.2, 0.25) is 0 Å². The molecule has 1 amide bonds. The topological polar surface area (TPSA) is 73.6 Å². The number of rotatable bonds is 8. The van der Waals surface area contributed by atoms with Crippen LogP contribution in [-0.2, 0) is 11.3 Å². The van der Waals surface area contributed by atoms with Crippen LogP contribution in [0.2, 0.25) is 0 Å². The summed E-state index contributed by atoms with van der Waals surface area (Å²) in [6.07, 6.45) is 0. The number of hydrogen-bond donors (Lipinski definition) is 2. The number of hydrogen-bond acceptors (Lipinski definition) is 4. The molecule has 0 radical (unpaired) electrons. The van der Waals surface area contributed by atoms with Gasteiger partial charge >= 0.3 is 0 Å². The molecule has 0 aromatic heterocycles. The number of anilines is 1. The van der Waals surface area contributed by atoms with E-state index >= 15 is 0 Å². The number of aryl methyl sites for hydroxylation is 1. The Morgan fingerprint density at radius 2 is 2.00 bits per heavy atom. The van der Waals surface area contributed by atoms with E-state index in [1.807, 2.05) is 32.0 Å². The summed E-state index contributed by atoms with van der Waals surface area (Å²) in [7, 11) is 0. The van der Waals surface area contributed by atoms with Crippen molar-refractivity contribution in [3.05, 3.63) is 59.2 Å². The van der Waals surface area contributed by atoms with Crippen LogP contribution in [0, 0.1) is 6.92 Å². The lowest BCUT2D eigenvalue weighted by molar-refractivity contribution is 0.0949. The molecule has 0 spiro atoms. The molecule has 0 unspecified atom stereocenters. The van der Waals surface area contributed by atoms with Crippen LogP contribution in [0.3, 0.4) is 0 Å². The van der Waals surface area contributed by atoms with E-state index in [1.165, 1.54) is 0 Å². The third-order valence-electron chi connectivity index (χ3n) is 3.50. The van der Waals surface area contributed by atoms with Crippen LogP contribution in [0.25, 0.3) is 0 Å². The van der Waals surface area contributed by atoms with Gasteiger partial charge in [-0.05, 0) is 43.7 Å². The highest BCUT2D eigenvalue weighted by molar-refractivity contribution is 5.94. The molecule has 0 saturated heterocycles. The Morgan fingerprint density at radius 1 is 1.17 bits per heavy atom. The molecule has 0 bridgehead atoms. The summed E-state index contributed by atoms with van der Waals surface area (Å²) in [5.41, 5.74) is 8.85. The van der Waals surface area contributed by atoms with E-state index in [2.05, 4.69) is 5.32 Å². The third-order valence-corrected chi connectivity index (χ3v) is 3.50. The van der Waals surface area contributed by atoms with E-state index in [9.17, 15) is 4.79 Å². The minimum Gasteiger partial charge on any atom is -0.491 e. The number of nitrogen functional groups attached to an aromatic ring is 1. The minimum absolute atomic E-state index is 0.164. The minimum atomic E-state index is -0.164. The SMILES string of the molecule is CCOCCOc1cc(C)ccc1CNC(=O)c1cccc(N)c1. The zero-order valence-corrected chi connectivity index (χ0v) is 14.2. The van der Waals surface area contributed by atoms with Crippen LogP contribution < -0.4 is 15.8 Å². The van der Waals surface area contributed by atoms with E-state index in [0.29, 0.717) is 37.6 Å². The van der Waals surface area contributed by atoms with Gasteiger partial charge in [-0.3, -0.25) is 4.79 Å². The summed E-state index contributed by atoms with van der Waals surface area (Å²) in [6, 6.07) is 12.8. The number of ether oxygens (including phenoxy) is 2. The number of amides is 1. The van der Waals surface area contributed by atoms with E-state index in [1.54, 1.807) is 24.3 Å². The summed E-state index contributed by atoms with van der Waals surface area (Å²) in [5, 5.41) is 2.90. The van der Waals surface area contributed by atoms with Crippen molar-refractivity contribution in [3.63, 3.8) is 0 Å². The number of carbonyl (C=O) groups is 1. The normalized spacial score (nSPS) is 10.4. The molecule has 0 aliphatic carbocycles. The number of nitrogens with one attached hydrogen (secondary N) is 1. The molecule has 0 heterocycles. The Hall–Kier alpha value is -2.53. The van der Waals surface area contributed by atoms with Gasteiger partial charge in [-0.15, -0.1) is 0 Å². The zero-order valence-electron chi connectivity index (χ0n) is 14.2. The van der Waals surface area contributed by atoms with Crippen molar-refractivity contribution in [2.24, 2.45) is 0 Å². The van der Waals surface area contributed by atoms with Gasteiger partial charge in [0.25, 0.3) is 5.91 Å². The number of benzene rings is 2. The van der Waals surface area contributed by atoms with E-state index in [4.69, 9.17) is 15.2 Å². The summed E-state index contributed by atoms with van der Waals surface area (Å²) in [5.74, 6) is 0.603. The van der Waals surface area contributed by atoms with Crippen LogP contribution in [0.1, 0.15) is 28.4 Å². The van der Waals surface area contributed by atoms with Crippen molar-refractivity contribution in [1.29, 1.82) is 0 Å². The molecule has 0 atom stereocenters. The van der Waals surface area contributed by atoms with Gasteiger partial charge < -0.3 is 20.5 Å². The Bertz CT molecular complexity index is 686. The lowest BCUT2D eigenvalue weighted by Gasteiger charge is -2.13. The Morgan fingerprint density at radius 3 is 2.75 bits per heavy atom. The highest BCUT2D eigenvalue weighted by atomic mass is 16.5. The van der Waals surface area contributed by atoms with Crippen molar-refractivity contribution in [3.8, 4) is 5.75 Å². The predicted molar refractivity (Wildman–Crippen MR) is 95.2 cm³/mol. The summed E-state index contributed by atoms with van der Waals surface area (Å²) in [6.45, 7) is 6.03. The number of carbonyl (C=O) groups excluding carboxylic acids is 1. The van der Waals surface area contributed by atoms with Gasteiger partial charge in [0, 0.05) is 30.0 Å². The second kappa shape index (κ2) is 8.93. The Labute approximate surface area is 142 Å². The molecule has 0 aliphatic heterocycles. The van der Waals surface area contributed by atoms with Gasteiger partial charge in [0.05, 0.1) is 6.61 Å². The van der Waals surface area contributed by atoms with E-state index in [0.717, 1.165) is 16.9 Å². The molecule has 5 nitrogen and oxygen atoms in total. The third kappa shape index (κ3) is 5.28. The van der Waals surface area contributed by atoms with Gasteiger partial charge in [-0.1, -0.05) is 18.2 Å². The standard InChI is InChI=1S/C19H24N2O3/c1-3-23-9-10-24-18-11-14(2)7-8-16(18)13-21-19(22)15-5-4-6-17(20)12-15/h4-8,11-12H,3,9-10,13,20H2,1-2H3,(H,21,22). The van der Waals surface area contributed by atoms with Crippen LogP contribution >= 0.6 is 0 Å². The molecule has 2 aromatic rings. The second-order valence-electron chi connectivity index (χ2n) is 5.46. The van der Waals surface area contributed by atoms with Gasteiger partial charge in [0.1, 0.15) is 12.4 Å². The maximum atomic E-state index is 12.2. The molecule has 3 N–H and O–H groups in total. The van der Waals surface area contributed by atoms with Gasteiger partial charge in [-0.25, -0.2) is 0 Å². The van der Waals surface area contributed by atoms with Gasteiger partial charge in [-0.2, -0.15) is 0 Å². The fourth-order valence-corrected chi connectivity index (χ4v) is 2.25. The van der Waals surface area contributed by atoms with Crippen molar-refractivity contribution in [1.82, 2.24) is 5.32 Å². The molecular weight excluding hydrogens is 304 g/mol. The molecule has 24 heavy (non-hydrogen) atoms. The smallest absolute Gasteiger partial charge is 0.251 e. The molecule has 2 rings (SSSR count). The van der Waals surface area contributed by atoms with Crippen molar-refractivity contribution >= 4 is 11.6 Å². The monoisotopic (exact) mass is 328 g/mol. The fourth-order valence-electron chi connectivity index (χ4n) is 2.25. The van der Waals surface area contributed by atoms with Crippen molar-refractivity contribution in [2.75, 3.05) is 25.6 Å². The zero-order chi connectivity index (χ0) is 17.4. The average molecular weight is 328 g/mol. The molecule has 2 aromatic carbocycles. The van der Waals surface area contributed by atoms with Crippen molar-refractivity contribution in [2.45, 2.75) is 20.4 Å². The molecule has 0 saturated carbocycles. The molecule has 0 fully saturated rings.